The first kappa shape index (κ1) is 10.4. The number of rotatable bonds is 4. The summed E-state index contributed by atoms with van der Waals surface area (Å²) in [6.45, 7) is 2.02. The van der Waals surface area contributed by atoms with Gasteiger partial charge in [-0.05, 0) is 37.9 Å². The fourth-order valence-electron chi connectivity index (χ4n) is 1.86. The van der Waals surface area contributed by atoms with Gasteiger partial charge in [0.1, 0.15) is 11.6 Å². The van der Waals surface area contributed by atoms with Gasteiger partial charge in [0.2, 0.25) is 0 Å². The molecule has 0 amide bonds. The average molecular weight is 209 g/mol. The van der Waals surface area contributed by atoms with Crippen LogP contribution in [-0.4, -0.2) is 24.1 Å². The van der Waals surface area contributed by atoms with Crippen molar-refractivity contribution < 1.29 is 4.39 Å². The Morgan fingerprint density at radius 2 is 2.47 bits per heavy atom. The van der Waals surface area contributed by atoms with E-state index in [9.17, 15) is 4.39 Å². The molecule has 1 aromatic heterocycles. The molecule has 0 aliphatic carbocycles. The van der Waals surface area contributed by atoms with Crippen molar-refractivity contribution in [3.05, 3.63) is 24.1 Å². The van der Waals surface area contributed by atoms with Crippen LogP contribution < -0.4 is 10.6 Å². The van der Waals surface area contributed by atoms with E-state index in [-0.39, 0.29) is 5.82 Å². The second-order valence-electron chi connectivity index (χ2n) is 3.87. The molecule has 1 aliphatic heterocycles. The number of hydrogen-bond acceptors (Lipinski definition) is 3. The second-order valence-corrected chi connectivity index (χ2v) is 3.87. The van der Waals surface area contributed by atoms with E-state index in [2.05, 4.69) is 15.6 Å². The lowest BCUT2D eigenvalue weighted by atomic mass is 10.1. The Bertz CT molecular complexity index is 293. The smallest absolute Gasteiger partial charge is 0.141 e. The minimum atomic E-state index is -0.294. The molecule has 0 radical (unpaired) electrons. The van der Waals surface area contributed by atoms with Gasteiger partial charge in [0.25, 0.3) is 0 Å². The lowest BCUT2D eigenvalue weighted by Gasteiger charge is -2.10. The van der Waals surface area contributed by atoms with Crippen LogP contribution in [0, 0.1) is 5.82 Å². The van der Waals surface area contributed by atoms with Gasteiger partial charge in [-0.15, -0.1) is 0 Å². The number of hydrogen-bond donors (Lipinski definition) is 2. The van der Waals surface area contributed by atoms with Crippen LogP contribution in [-0.2, 0) is 0 Å². The summed E-state index contributed by atoms with van der Waals surface area (Å²) in [6.07, 6.45) is 4.87. The Morgan fingerprint density at radius 3 is 3.13 bits per heavy atom. The largest absolute Gasteiger partial charge is 0.370 e. The summed E-state index contributed by atoms with van der Waals surface area (Å²) < 4.78 is 12.6. The highest BCUT2D eigenvalue weighted by molar-refractivity contribution is 5.33. The summed E-state index contributed by atoms with van der Waals surface area (Å²) in [7, 11) is 0. The van der Waals surface area contributed by atoms with Gasteiger partial charge >= 0.3 is 0 Å². The van der Waals surface area contributed by atoms with Crippen LogP contribution in [0.15, 0.2) is 18.3 Å². The first-order valence-electron chi connectivity index (χ1n) is 5.43. The van der Waals surface area contributed by atoms with E-state index >= 15 is 0 Å². The van der Waals surface area contributed by atoms with Gasteiger partial charge in [-0.2, -0.15) is 0 Å². The fraction of sp³-hybridized carbons (Fsp3) is 0.545. The molecular weight excluding hydrogens is 193 g/mol. The van der Waals surface area contributed by atoms with Crippen molar-refractivity contribution in [1.82, 2.24) is 10.3 Å². The Labute approximate surface area is 89.1 Å². The van der Waals surface area contributed by atoms with E-state index in [4.69, 9.17) is 0 Å². The lowest BCUT2D eigenvalue weighted by molar-refractivity contribution is 0.574. The molecule has 1 aromatic rings. The number of pyridine rings is 1. The molecule has 1 fully saturated rings. The third-order valence-corrected chi connectivity index (χ3v) is 2.69. The van der Waals surface area contributed by atoms with E-state index in [0.29, 0.717) is 6.04 Å². The highest BCUT2D eigenvalue weighted by atomic mass is 19.1. The number of anilines is 1. The first-order valence-corrected chi connectivity index (χ1v) is 5.43. The summed E-state index contributed by atoms with van der Waals surface area (Å²) in [6, 6.07) is 3.72. The van der Waals surface area contributed by atoms with Crippen molar-refractivity contribution in [3.8, 4) is 0 Å². The van der Waals surface area contributed by atoms with Gasteiger partial charge in [0.05, 0.1) is 6.20 Å². The molecule has 4 heteroatoms. The molecule has 1 unspecified atom stereocenters. The third kappa shape index (κ3) is 3.16. The number of nitrogens with one attached hydrogen (secondary N) is 2. The molecule has 0 bridgehead atoms. The highest BCUT2D eigenvalue weighted by Gasteiger charge is 2.12. The highest BCUT2D eigenvalue weighted by Crippen LogP contribution is 2.09. The van der Waals surface area contributed by atoms with E-state index in [1.54, 1.807) is 6.07 Å². The quantitative estimate of drug-likeness (QED) is 0.793. The van der Waals surface area contributed by atoms with Gasteiger partial charge < -0.3 is 10.6 Å². The van der Waals surface area contributed by atoms with E-state index in [1.165, 1.54) is 25.1 Å². The molecule has 15 heavy (non-hydrogen) atoms. The van der Waals surface area contributed by atoms with Gasteiger partial charge in [-0.1, -0.05) is 0 Å². The summed E-state index contributed by atoms with van der Waals surface area (Å²) in [5, 5.41) is 6.61. The minimum absolute atomic E-state index is 0.294. The zero-order valence-corrected chi connectivity index (χ0v) is 8.67. The third-order valence-electron chi connectivity index (χ3n) is 2.69. The molecule has 2 rings (SSSR count). The normalized spacial score (nSPS) is 20.5. The molecule has 2 heterocycles. The van der Waals surface area contributed by atoms with E-state index < -0.39 is 0 Å². The first-order chi connectivity index (χ1) is 7.34. The fourth-order valence-corrected chi connectivity index (χ4v) is 1.86. The standard InChI is InChI=1S/C11H16FN3/c12-9-3-4-11(15-8-9)14-7-5-10-2-1-6-13-10/h3-4,8,10,13H,1-2,5-7H2,(H,14,15). The molecule has 1 atom stereocenters. The summed E-state index contributed by atoms with van der Waals surface area (Å²) in [5.41, 5.74) is 0. The molecule has 0 saturated carbocycles. The van der Waals surface area contributed by atoms with Crippen LogP contribution >= 0.6 is 0 Å². The summed E-state index contributed by atoms with van der Waals surface area (Å²) >= 11 is 0. The van der Waals surface area contributed by atoms with Crippen molar-refractivity contribution in [2.75, 3.05) is 18.4 Å². The SMILES string of the molecule is Fc1ccc(NCCC2CCCN2)nc1. The molecule has 82 valence electrons. The molecule has 3 nitrogen and oxygen atoms in total. The Balaban J connectivity index is 1.71. The minimum Gasteiger partial charge on any atom is -0.370 e. The van der Waals surface area contributed by atoms with Crippen LogP contribution in [0.4, 0.5) is 10.2 Å². The number of aromatic nitrogens is 1. The molecule has 2 N–H and O–H groups in total. The van der Waals surface area contributed by atoms with Crippen molar-refractivity contribution in [2.45, 2.75) is 25.3 Å². The summed E-state index contributed by atoms with van der Waals surface area (Å²) in [4.78, 5) is 3.94. The predicted molar refractivity (Wildman–Crippen MR) is 58.3 cm³/mol. The zero-order valence-electron chi connectivity index (χ0n) is 8.67. The topological polar surface area (TPSA) is 37.0 Å². The number of halogens is 1. The van der Waals surface area contributed by atoms with Crippen molar-refractivity contribution in [2.24, 2.45) is 0 Å². The van der Waals surface area contributed by atoms with Gasteiger partial charge in [-0.25, -0.2) is 9.37 Å². The maximum absolute atomic E-state index is 12.6. The lowest BCUT2D eigenvalue weighted by Crippen LogP contribution is -2.24. The monoisotopic (exact) mass is 209 g/mol. The van der Waals surface area contributed by atoms with Crippen LogP contribution in [0.1, 0.15) is 19.3 Å². The average Bonchev–Trinajstić information content (AvgIpc) is 2.74. The second kappa shape index (κ2) is 5.07. The maximum Gasteiger partial charge on any atom is 0.141 e. The van der Waals surface area contributed by atoms with Crippen molar-refractivity contribution >= 4 is 5.82 Å². The Morgan fingerprint density at radius 1 is 1.53 bits per heavy atom. The zero-order chi connectivity index (χ0) is 10.5. The predicted octanol–water partition coefficient (Wildman–Crippen LogP) is 1.77. The maximum atomic E-state index is 12.6. The van der Waals surface area contributed by atoms with Crippen molar-refractivity contribution in [3.63, 3.8) is 0 Å². The molecule has 0 spiro atoms. The van der Waals surface area contributed by atoms with E-state index in [0.717, 1.165) is 25.3 Å². The van der Waals surface area contributed by atoms with Gasteiger partial charge in [0, 0.05) is 12.6 Å². The Hall–Kier alpha value is -1.16. The summed E-state index contributed by atoms with van der Waals surface area (Å²) in [5.74, 6) is 0.451. The van der Waals surface area contributed by atoms with Crippen LogP contribution in [0.25, 0.3) is 0 Å². The molecule has 0 aromatic carbocycles. The molecular formula is C11H16FN3. The van der Waals surface area contributed by atoms with Gasteiger partial charge in [-0.3, -0.25) is 0 Å². The number of nitrogens with zero attached hydrogens (tertiary/aromatic N) is 1. The van der Waals surface area contributed by atoms with E-state index in [1.807, 2.05) is 0 Å². The van der Waals surface area contributed by atoms with Gasteiger partial charge in [0.15, 0.2) is 0 Å². The Kier molecular flexibility index (Phi) is 3.50. The van der Waals surface area contributed by atoms with Crippen LogP contribution in [0.2, 0.25) is 0 Å². The molecule has 1 aliphatic rings. The van der Waals surface area contributed by atoms with Crippen LogP contribution in [0.5, 0.6) is 0 Å². The van der Waals surface area contributed by atoms with Crippen LogP contribution in [0.3, 0.4) is 0 Å². The van der Waals surface area contributed by atoms with Crippen molar-refractivity contribution in [1.29, 1.82) is 0 Å². The molecule has 1 saturated heterocycles.